The molecule has 0 amide bonds. The van der Waals surface area contributed by atoms with E-state index in [2.05, 4.69) is 138 Å². The third-order valence-electron chi connectivity index (χ3n) is 14.2. The number of aromatic nitrogens is 4. The molecule has 3 aliphatic rings. The van der Waals surface area contributed by atoms with E-state index in [4.69, 9.17) is 26.5 Å². The van der Waals surface area contributed by atoms with Crippen LogP contribution in [0.4, 0.5) is 5.69 Å². The van der Waals surface area contributed by atoms with Crippen molar-refractivity contribution in [2.24, 2.45) is 0 Å². The van der Waals surface area contributed by atoms with Crippen molar-refractivity contribution in [1.29, 1.82) is 5.26 Å². The Morgan fingerprint density at radius 3 is 1.29 bits per heavy atom. The van der Waals surface area contributed by atoms with Crippen molar-refractivity contribution >= 4 is 5.69 Å². The van der Waals surface area contributed by atoms with Gasteiger partial charge in [0, 0.05) is 39.7 Å². The van der Waals surface area contributed by atoms with Gasteiger partial charge in [-0.25, -0.2) is 24.8 Å². The molecule has 0 spiro atoms. The maximum absolute atomic E-state index is 9.52. The number of nitriles is 1. The number of benzene rings is 9. The van der Waals surface area contributed by atoms with Crippen LogP contribution in [0.1, 0.15) is 50.8 Å². The number of hydrogen-bond acceptors (Lipinski definition) is 5. The molecule has 0 saturated carbocycles. The Labute approximate surface area is 417 Å². The van der Waals surface area contributed by atoms with Crippen molar-refractivity contribution < 1.29 is 0 Å². The number of nitrogens with zero attached hydrogens (tertiary/aromatic N) is 6. The van der Waals surface area contributed by atoms with Crippen LogP contribution < -0.4 is 0 Å². The molecule has 0 N–H and O–H groups in total. The highest BCUT2D eigenvalue weighted by Crippen LogP contribution is 2.57. The summed E-state index contributed by atoms with van der Waals surface area (Å²) < 4.78 is 0. The van der Waals surface area contributed by atoms with Gasteiger partial charge in [-0.3, -0.25) is 0 Å². The van der Waals surface area contributed by atoms with Crippen LogP contribution in [0.2, 0.25) is 0 Å². The van der Waals surface area contributed by atoms with Crippen molar-refractivity contribution in [2.45, 2.75) is 11.8 Å². The molecule has 2 atom stereocenters. The smallest absolute Gasteiger partial charge is 0.187 e. The highest BCUT2D eigenvalue weighted by Gasteiger charge is 2.41. The molecular weight excluding hydrogens is 877 g/mol. The van der Waals surface area contributed by atoms with Gasteiger partial charge in [0.05, 0.1) is 41.0 Å². The van der Waals surface area contributed by atoms with Gasteiger partial charge in [-0.1, -0.05) is 194 Å². The summed E-state index contributed by atoms with van der Waals surface area (Å²) in [5.74, 6) is 1.37. The SMILES string of the molecule is [C-]#[N+]c1ccc(-c2cc(-c3ccccc3-c3ccc4c(c3)C3c5ccccc5C4c4cc(-c5ccccc5-c5nc(-c6ccccc6)cc(-c6ccc(C#N)cc6)n5)ccc43)nc(-c3ccccc3)n2)cc1. The molecule has 14 rings (SSSR count). The Balaban J connectivity index is 0.911. The summed E-state index contributed by atoms with van der Waals surface area (Å²) in [5, 5.41) is 9.52. The van der Waals surface area contributed by atoms with Crippen molar-refractivity contribution in [2.75, 3.05) is 0 Å². The fourth-order valence-corrected chi connectivity index (χ4v) is 10.8. The van der Waals surface area contributed by atoms with E-state index < -0.39 is 0 Å². The second kappa shape index (κ2) is 17.6. The van der Waals surface area contributed by atoms with Gasteiger partial charge in [-0.05, 0) is 97.6 Å². The second-order valence-corrected chi connectivity index (χ2v) is 18.3. The maximum atomic E-state index is 9.52. The normalized spacial score (nSPS) is 13.8. The monoisotopic (exact) mass is 916 g/mol. The van der Waals surface area contributed by atoms with E-state index >= 15 is 0 Å². The molecule has 9 aromatic carbocycles. The third-order valence-corrected chi connectivity index (χ3v) is 14.2. The van der Waals surface area contributed by atoms with E-state index in [0.29, 0.717) is 22.9 Å². The zero-order valence-corrected chi connectivity index (χ0v) is 38.8. The molecular formula is C66H40N6. The summed E-state index contributed by atoms with van der Waals surface area (Å²) in [6, 6.07) is 81.9. The maximum Gasteiger partial charge on any atom is 0.187 e. The molecule has 0 fully saturated rings. The van der Waals surface area contributed by atoms with Crippen molar-refractivity contribution in [3.05, 3.63) is 281 Å². The van der Waals surface area contributed by atoms with E-state index in [1.54, 1.807) is 0 Å². The minimum absolute atomic E-state index is 0.0420. The lowest BCUT2D eigenvalue weighted by Gasteiger charge is -2.42. The van der Waals surface area contributed by atoms with Crippen LogP contribution in [0, 0.1) is 17.9 Å². The van der Waals surface area contributed by atoms with E-state index in [1.165, 1.54) is 33.4 Å². The van der Waals surface area contributed by atoms with E-state index in [9.17, 15) is 5.26 Å². The molecule has 0 radical (unpaired) electrons. The third kappa shape index (κ3) is 7.35. The highest BCUT2D eigenvalue weighted by molar-refractivity contribution is 5.87. The van der Waals surface area contributed by atoms with Gasteiger partial charge in [-0.15, -0.1) is 0 Å². The molecule has 72 heavy (non-hydrogen) atoms. The lowest BCUT2D eigenvalue weighted by atomic mass is 9.60. The first-order valence-electron chi connectivity index (χ1n) is 24.0. The average Bonchev–Trinajstić information content (AvgIpc) is 3.47. The molecule has 6 nitrogen and oxygen atoms in total. The predicted molar refractivity (Wildman–Crippen MR) is 287 cm³/mol. The summed E-state index contributed by atoms with van der Waals surface area (Å²) in [5.41, 5.74) is 22.5. The first kappa shape index (κ1) is 42.2. The van der Waals surface area contributed by atoms with Crippen LogP contribution in [0.5, 0.6) is 0 Å². The molecule has 2 aromatic heterocycles. The summed E-state index contributed by atoms with van der Waals surface area (Å²) in [6.07, 6.45) is 0. The van der Waals surface area contributed by atoms with E-state index in [1.807, 2.05) is 103 Å². The lowest BCUT2D eigenvalue weighted by molar-refractivity contribution is 0.755. The Morgan fingerprint density at radius 2 is 0.736 bits per heavy atom. The summed E-state index contributed by atoms with van der Waals surface area (Å²) in [4.78, 5) is 24.3. The van der Waals surface area contributed by atoms with Gasteiger partial charge in [0.25, 0.3) is 0 Å². The highest BCUT2D eigenvalue weighted by atomic mass is 14.9. The minimum Gasteiger partial charge on any atom is -0.238 e. The largest absolute Gasteiger partial charge is 0.238 e. The Kier molecular flexibility index (Phi) is 10.3. The number of hydrogen-bond donors (Lipinski definition) is 0. The molecule has 11 aromatic rings. The fourth-order valence-electron chi connectivity index (χ4n) is 10.8. The van der Waals surface area contributed by atoms with Crippen LogP contribution in [-0.4, -0.2) is 19.9 Å². The molecule has 334 valence electrons. The lowest BCUT2D eigenvalue weighted by Crippen LogP contribution is -2.27. The quantitative estimate of drug-likeness (QED) is 0.142. The molecule has 2 bridgehead atoms. The van der Waals surface area contributed by atoms with Crippen LogP contribution in [0.25, 0.3) is 94.9 Å². The zero-order valence-electron chi connectivity index (χ0n) is 38.8. The fraction of sp³-hybridized carbons (Fsp3) is 0.0303. The Morgan fingerprint density at radius 1 is 0.333 bits per heavy atom. The minimum atomic E-state index is 0.0420. The summed E-state index contributed by atoms with van der Waals surface area (Å²) in [7, 11) is 0. The van der Waals surface area contributed by atoms with Crippen LogP contribution >= 0.6 is 0 Å². The second-order valence-electron chi connectivity index (χ2n) is 18.3. The van der Waals surface area contributed by atoms with Crippen LogP contribution in [-0.2, 0) is 0 Å². The predicted octanol–water partition coefficient (Wildman–Crippen LogP) is 16.0. The Hall–Kier alpha value is -9.88. The van der Waals surface area contributed by atoms with Gasteiger partial charge in [-0.2, -0.15) is 5.26 Å². The molecule has 2 unspecified atom stereocenters. The van der Waals surface area contributed by atoms with Crippen molar-refractivity contribution in [3.63, 3.8) is 0 Å². The van der Waals surface area contributed by atoms with Crippen molar-refractivity contribution in [3.8, 4) is 96.1 Å². The molecule has 0 saturated heterocycles. The van der Waals surface area contributed by atoms with Crippen molar-refractivity contribution in [1.82, 2.24) is 19.9 Å². The average molecular weight is 917 g/mol. The van der Waals surface area contributed by atoms with Gasteiger partial charge in [0.1, 0.15) is 0 Å². The van der Waals surface area contributed by atoms with Gasteiger partial charge in [0.15, 0.2) is 17.3 Å². The zero-order chi connectivity index (χ0) is 48.1. The van der Waals surface area contributed by atoms with E-state index in [-0.39, 0.29) is 11.8 Å². The summed E-state index contributed by atoms with van der Waals surface area (Å²) in [6.45, 7) is 7.50. The first-order chi connectivity index (χ1) is 35.6. The van der Waals surface area contributed by atoms with Gasteiger partial charge < -0.3 is 0 Å². The molecule has 2 heterocycles. The molecule has 0 aliphatic heterocycles. The molecule has 3 aliphatic carbocycles. The standard InChI is InChI=1S/C66H40N6/c1-68-48-32-28-44(29-33-48)61-39-62(72-65(69-61)45-16-6-3-7-17-45)51-20-10-8-18-49(51)46-30-34-54-57(36-46)63-52-21-11-12-22-53(52)64(54)58-37-47(31-35-55(58)63)50-19-9-13-23-56(50)66-70-59(42-14-4-2-5-15-42)38-60(71-66)43-26-24-41(40-67)25-27-43/h2-39,63-64H. The van der Waals surface area contributed by atoms with Gasteiger partial charge in [0.2, 0.25) is 0 Å². The Bertz CT molecular complexity index is 3740. The van der Waals surface area contributed by atoms with Crippen LogP contribution in [0.15, 0.2) is 231 Å². The van der Waals surface area contributed by atoms with Gasteiger partial charge >= 0.3 is 0 Å². The number of rotatable bonds is 8. The summed E-state index contributed by atoms with van der Waals surface area (Å²) >= 11 is 0. The van der Waals surface area contributed by atoms with Crippen LogP contribution in [0.3, 0.4) is 0 Å². The van der Waals surface area contributed by atoms with E-state index in [0.717, 1.165) is 78.4 Å². The molecule has 6 heteroatoms. The first-order valence-corrected chi connectivity index (χ1v) is 24.0. The topological polar surface area (TPSA) is 79.7 Å².